The van der Waals surface area contributed by atoms with Crippen molar-refractivity contribution in [2.45, 2.75) is 6.10 Å². The van der Waals surface area contributed by atoms with E-state index in [4.69, 9.17) is 21.4 Å². The van der Waals surface area contributed by atoms with Gasteiger partial charge in [0.25, 0.3) is 0 Å². The molecule has 0 aliphatic carbocycles. The van der Waals surface area contributed by atoms with Crippen molar-refractivity contribution in [2.75, 3.05) is 30.7 Å². The number of benzene rings is 3. The van der Waals surface area contributed by atoms with E-state index in [2.05, 4.69) is 10.0 Å². The van der Waals surface area contributed by atoms with Gasteiger partial charge >= 0.3 is 5.97 Å². The van der Waals surface area contributed by atoms with Gasteiger partial charge in [0.2, 0.25) is 10.0 Å². The molecular weight excluding hydrogens is 496 g/mol. The predicted molar refractivity (Wildman–Crippen MR) is 134 cm³/mol. The first kappa shape index (κ1) is 26.3. The molecule has 0 aromatic heterocycles. The number of ether oxygens (including phenoxy) is 1. The molecule has 9 nitrogen and oxygen atoms in total. The number of hydrogen-bond acceptors (Lipinski definition) is 7. The summed E-state index contributed by atoms with van der Waals surface area (Å²) in [5, 5.41) is 32.6. The van der Waals surface area contributed by atoms with Crippen molar-refractivity contribution in [2.24, 2.45) is 0 Å². The van der Waals surface area contributed by atoms with Crippen molar-refractivity contribution >= 4 is 33.3 Å². The quantitative estimate of drug-likeness (QED) is 0.191. The van der Waals surface area contributed by atoms with Crippen LogP contribution in [0.2, 0.25) is 5.02 Å². The topological polar surface area (TPSA) is 145 Å². The molecule has 0 amide bonds. The summed E-state index contributed by atoms with van der Waals surface area (Å²) in [4.78, 5) is 11.0. The maximum absolute atomic E-state index is 11.4. The lowest BCUT2D eigenvalue weighted by Crippen LogP contribution is -2.26. The molecule has 0 aliphatic rings. The first-order valence-electron chi connectivity index (χ1n) is 10.5. The zero-order valence-electron chi connectivity index (χ0n) is 18.7. The molecule has 5 N–H and O–H groups in total. The Hall–Kier alpha value is -3.31. The van der Waals surface area contributed by atoms with Gasteiger partial charge in [0.05, 0.1) is 23.6 Å². The first-order chi connectivity index (χ1) is 16.5. The van der Waals surface area contributed by atoms with E-state index in [1.54, 1.807) is 18.2 Å². The van der Waals surface area contributed by atoms with Crippen molar-refractivity contribution in [3.63, 3.8) is 0 Å². The molecule has 186 valence electrons. The maximum atomic E-state index is 11.4. The highest BCUT2D eigenvalue weighted by atomic mass is 35.5. The van der Waals surface area contributed by atoms with Crippen LogP contribution >= 0.6 is 11.6 Å². The van der Waals surface area contributed by atoms with Gasteiger partial charge < -0.3 is 25.4 Å². The largest absolute Gasteiger partial charge is 0.506 e. The minimum Gasteiger partial charge on any atom is -0.506 e. The van der Waals surface area contributed by atoms with Crippen LogP contribution in [0.3, 0.4) is 0 Å². The number of aromatic carboxylic acids is 1. The van der Waals surface area contributed by atoms with Gasteiger partial charge in [-0.05, 0) is 47.5 Å². The Bertz CT molecular complexity index is 1300. The van der Waals surface area contributed by atoms with E-state index >= 15 is 0 Å². The third-order valence-corrected chi connectivity index (χ3v) is 5.87. The van der Waals surface area contributed by atoms with Gasteiger partial charge in [0.15, 0.2) is 0 Å². The second-order valence-electron chi connectivity index (χ2n) is 7.74. The highest BCUT2D eigenvalue weighted by Gasteiger charge is 2.13. The molecule has 3 aromatic carbocycles. The van der Waals surface area contributed by atoms with Crippen LogP contribution in [-0.2, 0) is 10.0 Å². The molecule has 0 spiro atoms. The van der Waals surface area contributed by atoms with Crippen LogP contribution in [0.25, 0.3) is 11.1 Å². The zero-order valence-corrected chi connectivity index (χ0v) is 20.3. The standard InChI is InChI=1S/C24H25ClN2O7S/c1-35(32,33)27-21-13-16(5-9-22(21)28)23(29)14-26-10-11-34-18-6-2-15(3-7-18)19-8-4-17(24(30)31)12-20(19)25/h2-9,12-13,23,26-29H,10-11,14H2,1H3,(H,30,31)/t23-/m0/s1. The maximum Gasteiger partial charge on any atom is 0.335 e. The Morgan fingerprint density at radius 2 is 1.80 bits per heavy atom. The Morgan fingerprint density at radius 3 is 2.43 bits per heavy atom. The first-order valence-corrected chi connectivity index (χ1v) is 12.8. The van der Waals surface area contributed by atoms with Crippen molar-refractivity contribution in [3.8, 4) is 22.6 Å². The summed E-state index contributed by atoms with van der Waals surface area (Å²) in [6.45, 7) is 0.959. The van der Waals surface area contributed by atoms with Crippen molar-refractivity contribution in [1.82, 2.24) is 5.32 Å². The van der Waals surface area contributed by atoms with E-state index < -0.39 is 22.1 Å². The van der Waals surface area contributed by atoms with E-state index in [-0.39, 0.29) is 23.5 Å². The number of carbonyl (C=O) groups is 1. The fraction of sp³-hybridized carbons (Fsp3) is 0.208. The number of sulfonamides is 1. The highest BCUT2D eigenvalue weighted by molar-refractivity contribution is 7.92. The number of nitrogens with one attached hydrogen (secondary N) is 2. The Kier molecular flexibility index (Phi) is 8.57. The average Bonchev–Trinajstić information content (AvgIpc) is 2.79. The molecule has 0 unspecified atom stereocenters. The number of phenols is 1. The summed E-state index contributed by atoms with van der Waals surface area (Å²) in [6.07, 6.45) is 0.0467. The number of hydrogen-bond donors (Lipinski definition) is 5. The summed E-state index contributed by atoms with van der Waals surface area (Å²) >= 11 is 6.21. The van der Waals surface area contributed by atoms with E-state index in [1.165, 1.54) is 30.3 Å². The summed E-state index contributed by atoms with van der Waals surface area (Å²) in [5.41, 5.74) is 2.08. The van der Waals surface area contributed by atoms with Crippen LogP contribution < -0.4 is 14.8 Å². The number of aromatic hydroxyl groups is 1. The number of aliphatic hydroxyl groups is 1. The lowest BCUT2D eigenvalue weighted by atomic mass is 10.0. The Balaban J connectivity index is 1.48. The molecule has 1 atom stereocenters. The van der Waals surface area contributed by atoms with Gasteiger partial charge in [-0.1, -0.05) is 35.9 Å². The SMILES string of the molecule is CS(=O)(=O)Nc1cc([C@@H](O)CNCCOc2ccc(-c3ccc(C(=O)O)cc3Cl)cc2)ccc1O. The zero-order chi connectivity index (χ0) is 25.6. The van der Waals surface area contributed by atoms with Crippen LogP contribution in [0.15, 0.2) is 60.7 Å². The molecule has 0 fully saturated rings. The second-order valence-corrected chi connectivity index (χ2v) is 9.90. The van der Waals surface area contributed by atoms with E-state index in [1.807, 2.05) is 12.1 Å². The molecule has 3 rings (SSSR count). The van der Waals surface area contributed by atoms with Crippen LogP contribution in [0.4, 0.5) is 5.69 Å². The molecule has 0 aliphatic heterocycles. The summed E-state index contributed by atoms with van der Waals surface area (Å²) in [6, 6.07) is 16.0. The Labute approximate surface area is 208 Å². The van der Waals surface area contributed by atoms with Gasteiger partial charge in [-0.15, -0.1) is 0 Å². The number of carboxylic acids is 1. The number of rotatable bonds is 11. The van der Waals surface area contributed by atoms with Gasteiger partial charge in [0.1, 0.15) is 18.1 Å². The molecular formula is C24H25ClN2O7S. The Morgan fingerprint density at radius 1 is 1.09 bits per heavy atom. The molecule has 0 heterocycles. The molecule has 11 heteroatoms. The molecule has 0 radical (unpaired) electrons. The third-order valence-electron chi connectivity index (χ3n) is 4.97. The molecule has 0 saturated carbocycles. The minimum absolute atomic E-state index is 0.00468. The van der Waals surface area contributed by atoms with Crippen molar-refractivity contribution in [1.29, 1.82) is 0 Å². The van der Waals surface area contributed by atoms with Crippen LogP contribution in [-0.4, -0.2) is 55.7 Å². The normalized spacial score (nSPS) is 12.2. The molecule has 35 heavy (non-hydrogen) atoms. The summed E-state index contributed by atoms with van der Waals surface area (Å²) in [5.74, 6) is -0.650. The minimum atomic E-state index is -3.57. The number of halogens is 1. The fourth-order valence-electron chi connectivity index (χ4n) is 3.25. The molecule has 3 aromatic rings. The van der Waals surface area contributed by atoms with Crippen molar-refractivity contribution in [3.05, 3.63) is 76.8 Å². The van der Waals surface area contributed by atoms with Gasteiger partial charge in [0, 0.05) is 23.7 Å². The number of anilines is 1. The summed E-state index contributed by atoms with van der Waals surface area (Å²) in [7, 11) is -3.57. The average molecular weight is 521 g/mol. The predicted octanol–water partition coefficient (Wildman–Crippen LogP) is 3.48. The highest BCUT2D eigenvalue weighted by Crippen LogP contribution is 2.30. The number of phenolic OH excluding ortho intramolecular Hbond substituents is 1. The van der Waals surface area contributed by atoms with Gasteiger partial charge in [-0.3, -0.25) is 4.72 Å². The van der Waals surface area contributed by atoms with Gasteiger partial charge in [-0.25, -0.2) is 13.2 Å². The van der Waals surface area contributed by atoms with E-state index in [0.29, 0.717) is 35.1 Å². The lowest BCUT2D eigenvalue weighted by molar-refractivity contribution is 0.0697. The number of carboxylic acid groups (broad SMARTS) is 1. The fourth-order valence-corrected chi connectivity index (χ4v) is 4.11. The van der Waals surface area contributed by atoms with Crippen LogP contribution in [0.1, 0.15) is 22.0 Å². The second kappa shape index (κ2) is 11.4. The number of aliphatic hydroxyl groups excluding tert-OH is 1. The molecule has 0 saturated heterocycles. The van der Waals surface area contributed by atoms with Crippen LogP contribution in [0, 0.1) is 0 Å². The van der Waals surface area contributed by atoms with E-state index in [9.17, 15) is 23.4 Å². The van der Waals surface area contributed by atoms with Crippen molar-refractivity contribution < 1.29 is 33.3 Å². The smallest absolute Gasteiger partial charge is 0.335 e. The molecule has 0 bridgehead atoms. The monoisotopic (exact) mass is 520 g/mol. The van der Waals surface area contributed by atoms with Gasteiger partial charge in [-0.2, -0.15) is 0 Å². The van der Waals surface area contributed by atoms with Crippen LogP contribution in [0.5, 0.6) is 11.5 Å². The third kappa shape index (κ3) is 7.59. The summed E-state index contributed by atoms with van der Waals surface area (Å²) < 4.78 is 30.7. The lowest BCUT2D eigenvalue weighted by Gasteiger charge is -2.15. The van der Waals surface area contributed by atoms with E-state index in [0.717, 1.165) is 11.8 Å².